The van der Waals surface area contributed by atoms with E-state index in [-0.39, 0.29) is 17.7 Å². The van der Waals surface area contributed by atoms with Crippen LogP contribution in [0.25, 0.3) is 5.57 Å². The number of halogens is 3. The van der Waals surface area contributed by atoms with Gasteiger partial charge in [0.15, 0.2) is 0 Å². The molecule has 1 aliphatic rings. The number of rotatable bonds is 1. The fourth-order valence-corrected chi connectivity index (χ4v) is 2.03. The van der Waals surface area contributed by atoms with Crippen molar-refractivity contribution >= 4 is 11.5 Å². The van der Waals surface area contributed by atoms with Gasteiger partial charge in [-0.25, -0.2) is 4.79 Å². The molecule has 110 valence electrons. The number of carboxylic acids is 1. The summed E-state index contributed by atoms with van der Waals surface area (Å²) in [5.74, 6) is 2.61. The van der Waals surface area contributed by atoms with Crippen LogP contribution in [0.15, 0.2) is 24.3 Å². The highest BCUT2D eigenvalue weighted by molar-refractivity contribution is 5.87. The third-order valence-electron chi connectivity index (χ3n) is 2.95. The summed E-state index contributed by atoms with van der Waals surface area (Å²) in [5.41, 5.74) is -0.132. The molecule has 21 heavy (non-hydrogen) atoms. The fraction of sp³-hybridized carbons (Fsp3) is 0.267. The zero-order valence-corrected chi connectivity index (χ0v) is 10.8. The average molecular weight is 296 g/mol. The van der Waals surface area contributed by atoms with Crippen molar-refractivity contribution < 1.29 is 27.8 Å². The van der Waals surface area contributed by atoms with Gasteiger partial charge in [0, 0.05) is 11.5 Å². The molecule has 0 spiro atoms. The van der Waals surface area contributed by atoms with Gasteiger partial charge in [0.05, 0.1) is 18.8 Å². The Bertz CT molecular complexity index is 648. The molecular weight excluding hydrogens is 285 g/mol. The maximum Gasteiger partial charge on any atom is 0.417 e. The monoisotopic (exact) mass is 296 g/mol. The standard InChI is InChI=1S/C15H11F3O3/c16-15(17,18)13-9-10(2-4-14(19)20)1-3-12(13)11-5-7-21-8-6-11/h1,3,5,9H,6-8H2,(H,19,20). The largest absolute Gasteiger partial charge is 0.472 e. The van der Waals surface area contributed by atoms with Gasteiger partial charge in [0.25, 0.3) is 0 Å². The molecule has 2 rings (SSSR count). The second-order valence-corrected chi connectivity index (χ2v) is 4.37. The molecule has 0 bridgehead atoms. The van der Waals surface area contributed by atoms with E-state index in [9.17, 15) is 18.0 Å². The van der Waals surface area contributed by atoms with E-state index >= 15 is 0 Å². The molecule has 1 N–H and O–H groups in total. The zero-order chi connectivity index (χ0) is 15.5. The summed E-state index contributed by atoms with van der Waals surface area (Å²) in [5, 5.41) is 8.44. The van der Waals surface area contributed by atoms with Crippen molar-refractivity contribution in [1.82, 2.24) is 0 Å². The van der Waals surface area contributed by atoms with Crippen molar-refractivity contribution in [2.24, 2.45) is 0 Å². The lowest BCUT2D eigenvalue weighted by Gasteiger charge is -2.18. The van der Waals surface area contributed by atoms with E-state index in [0.717, 1.165) is 6.07 Å². The predicted molar refractivity (Wildman–Crippen MR) is 69.4 cm³/mol. The van der Waals surface area contributed by atoms with Crippen LogP contribution in [0.5, 0.6) is 0 Å². The number of alkyl halides is 3. The van der Waals surface area contributed by atoms with Gasteiger partial charge in [-0.15, -0.1) is 0 Å². The summed E-state index contributed by atoms with van der Waals surface area (Å²) in [4.78, 5) is 10.3. The Morgan fingerprint density at radius 3 is 2.67 bits per heavy atom. The van der Waals surface area contributed by atoms with Crippen LogP contribution in [0.2, 0.25) is 0 Å². The highest BCUT2D eigenvalue weighted by atomic mass is 19.4. The van der Waals surface area contributed by atoms with E-state index in [2.05, 4.69) is 5.92 Å². The van der Waals surface area contributed by atoms with E-state index in [4.69, 9.17) is 9.84 Å². The number of carbonyl (C=O) groups is 1. The molecular formula is C15H11F3O3. The minimum absolute atomic E-state index is 0.0149. The van der Waals surface area contributed by atoms with Crippen LogP contribution in [-0.4, -0.2) is 24.3 Å². The van der Waals surface area contributed by atoms with Crippen LogP contribution in [0.1, 0.15) is 23.1 Å². The van der Waals surface area contributed by atoms with Gasteiger partial charge in [0.2, 0.25) is 0 Å². The number of hydrogen-bond donors (Lipinski definition) is 1. The van der Waals surface area contributed by atoms with E-state index in [1.807, 2.05) is 0 Å². The van der Waals surface area contributed by atoms with Crippen molar-refractivity contribution in [2.75, 3.05) is 13.2 Å². The van der Waals surface area contributed by atoms with Gasteiger partial charge in [-0.3, -0.25) is 0 Å². The molecule has 0 atom stereocenters. The second-order valence-electron chi connectivity index (χ2n) is 4.37. The Kier molecular flexibility index (Phi) is 4.34. The topological polar surface area (TPSA) is 46.5 Å². The summed E-state index contributed by atoms with van der Waals surface area (Å²) in [6, 6.07) is 3.59. The third kappa shape index (κ3) is 3.86. The lowest BCUT2D eigenvalue weighted by atomic mass is 9.94. The summed E-state index contributed by atoms with van der Waals surface area (Å²) >= 11 is 0. The third-order valence-corrected chi connectivity index (χ3v) is 2.95. The predicted octanol–water partition coefficient (Wildman–Crippen LogP) is 2.95. The van der Waals surface area contributed by atoms with Crippen LogP contribution in [0.4, 0.5) is 13.2 Å². The molecule has 1 aromatic carbocycles. The summed E-state index contributed by atoms with van der Waals surface area (Å²) in [7, 11) is 0. The van der Waals surface area contributed by atoms with Gasteiger partial charge in [-0.05, 0) is 29.7 Å². The first kappa shape index (κ1) is 15.1. The van der Waals surface area contributed by atoms with Gasteiger partial charge in [-0.1, -0.05) is 18.1 Å². The van der Waals surface area contributed by atoms with Crippen LogP contribution >= 0.6 is 0 Å². The lowest BCUT2D eigenvalue weighted by Crippen LogP contribution is -2.12. The zero-order valence-electron chi connectivity index (χ0n) is 10.8. The van der Waals surface area contributed by atoms with Gasteiger partial charge in [0.1, 0.15) is 0 Å². The van der Waals surface area contributed by atoms with E-state index < -0.39 is 17.7 Å². The summed E-state index contributed by atoms with van der Waals surface area (Å²) in [6.45, 7) is 0.664. The molecule has 6 heteroatoms. The minimum Gasteiger partial charge on any atom is -0.472 e. The Labute approximate surface area is 119 Å². The Hall–Kier alpha value is -2.26. The molecule has 1 aliphatic heterocycles. The SMILES string of the molecule is O=C(O)C#Cc1ccc(C2=CCOCC2)c(C(F)(F)F)c1. The number of hydrogen-bond acceptors (Lipinski definition) is 2. The first-order valence-electron chi connectivity index (χ1n) is 6.11. The molecule has 1 heterocycles. The van der Waals surface area contributed by atoms with E-state index in [1.165, 1.54) is 12.1 Å². The van der Waals surface area contributed by atoms with E-state index in [0.29, 0.717) is 18.6 Å². The molecule has 0 saturated heterocycles. The molecule has 0 aliphatic carbocycles. The molecule has 3 nitrogen and oxygen atoms in total. The van der Waals surface area contributed by atoms with Crippen molar-refractivity contribution in [3.63, 3.8) is 0 Å². The van der Waals surface area contributed by atoms with Crippen LogP contribution in [0, 0.1) is 11.8 Å². The van der Waals surface area contributed by atoms with Crippen LogP contribution < -0.4 is 0 Å². The number of aliphatic carboxylic acids is 1. The first-order chi connectivity index (χ1) is 9.88. The summed E-state index contributed by atoms with van der Waals surface area (Å²) in [6.07, 6.45) is -2.50. The van der Waals surface area contributed by atoms with Crippen LogP contribution in [0.3, 0.4) is 0 Å². The van der Waals surface area contributed by atoms with Gasteiger partial charge >= 0.3 is 12.1 Å². The second kappa shape index (κ2) is 6.02. The molecule has 0 amide bonds. The lowest BCUT2D eigenvalue weighted by molar-refractivity contribution is -0.137. The number of carboxylic acid groups (broad SMARTS) is 1. The smallest absolute Gasteiger partial charge is 0.417 e. The number of ether oxygens (including phenoxy) is 1. The normalized spacial score (nSPS) is 14.9. The van der Waals surface area contributed by atoms with Crippen LogP contribution in [-0.2, 0) is 15.7 Å². The number of benzene rings is 1. The fourth-order valence-electron chi connectivity index (χ4n) is 2.03. The van der Waals surface area contributed by atoms with E-state index in [1.54, 1.807) is 12.0 Å². The Morgan fingerprint density at radius 2 is 2.10 bits per heavy atom. The molecule has 0 aromatic heterocycles. The molecule has 1 aromatic rings. The van der Waals surface area contributed by atoms with Gasteiger partial charge in [-0.2, -0.15) is 13.2 Å². The molecule has 0 saturated carbocycles. The first-order valence-corrected chi connectivity index (χ1v) is 6.11. The quantitative estimate of drug-likeness (QED) is 0.810. The van der Waals surface area contributed by atoms with Gasteiger partial charge < -0.3 is 9.84 Å². The minimum atomic E-state index is -4.53. The highest BCUT2D eigenvalue weighted by Gasteiger charge is 2.34. The Balaban J connectivity index is 2.49. The highest BCUT2D eigenvalue weighted by Crippen LogP contribution is 2.37. The maximum absolute atomic E-state index is 13.2. The average Bonchev–Trinajstić information content (AvgIpc) is 2.45. The molecule has 0 unspecified atom stereocenters. The van der Waals surface area contributed by atoms with Crippen molar-refractivity contribution in [3.05, 3.63) is 41.0 Å². The van der Waals surface area contributed by atoms with Crippen molar-refractivity contribution in [2.45, 2.75) is 12.6 Å². The Morgan fingerprint density at radius 1 is 1.33 bits per heavy atom. The van der Waals surface area contributed by atoms with Crippen molar-refractivity contribution in [3.8, 4) is 11.8 Å². The summed E-state index contributed by atoms with van der Waals surface area (Å²) < 4.78 is 44.6. The van der Waals surface area contributed by atoms with Crippen molar-refractivity contribution in [1.29, 1.82) is 0 Å². The molecule has 0 fully saturated rings. The maximum atomic E-state index is 13.2. The molecule has 0 radical (unpaired) electrons.